The van der Waals surface area contributed by atoms with Crippen LogP contribution in [0, 0.1) is 5.41 Å². The van der Waals surface area contributed by atoms with E-state index in [0.29, 0.717) is 47.2 Å². The highest BCUT2D eigenvalue weighted by molar-refractivity contribution is 6.31. The van der Waals surface area contributed by atoms with Crippen LogP contribution in [0.25, 0.3) is 11.0 Å². The van der Waals surface area contributed by atoms with Gasteiger partial charge in [0.15, 0.2) is 0 Å². The van der Waals surface area contributed by atoms with Crippen LogP contribution in [0.5, 0.6) is 0 Å². The number of aromatic nitrogens is 4. The van der Waals surface area contributed by atoms with Crippen molar-refractivity contribution in [1.29, 1.82) is 0 Å². The molecule has 0 radical (unpaired) electrons. The van der Waals surface area contributed by atoms with Crippen molar-refractivity contribution in [2.45, 2.75) is 76.0 Å². The van der Waals surface area contributed by atoms with Gasteiger partial charge in [0, 0.05) is 44.4 Å². The van der Waals surface area contributed by atoms with Gasteiger partial charge < -0.3 is 30.4 Å². The van der Waals surface area contributed by atoms with E-state index in [9.17, 15) is 14.4 Å². The topological polar surface area (TPSA) is 152 Å². The monoisotopic (exact) mass is 703 g/mol. The van der Waals surface area contributed by atoms with Crippen LogP contribution < -0.4 is 16.0 Å². The van der Waals surface area contributed by atoms with Crippen LogP contribution in [0.15, 0.2) is 54.7 Å². The number of benzene rings is 2. The van der Waals surface area contributed by atoms with E-state index in [2.05, 4.69) is 33.0 Å². The Morgan fingerprint density at radius 2 is 1.96 bits per heavy atom. The standard InChI is InChI=1S/C37H46ClN7O5/c1-6-39-34(47)30(28-12-9-19-50-28)44-35(48)37(3,21-49-5)22-13-14-25-26(20-22)42-32(41-25)31(43-33(46)27-15-18-40-45(27)4)29(36(2)16-17-36)23-10-7-8-11-24(23)38/h7-8,10-11,13-15,18,20,28-31H,6,9,12,16-17,19,21H2,1-5H3,(H,39,47)(H,41,42)(H,43,46)(H,44,48)/t28?,29-,30+,31-,37?/m0/s1. The highest BCUT2D eigenvalue weighted by Crippen LogP contribution is 2.60. The zero-order valence-corrected chi connectivity index (χ0v) is 30.0. The van der Waals surface area contributed by atoms with Gasteiger partial charge in [-0.25, -0.2) is 4.98 Å². The predicted molar refractivity (Wildman–Crippen MR) is 190 cm³/mol. The minimum absolute atomic E-state index is 0.0611. The second-order valence-corrected chi connectivity index (χ2v) is 14.4. The number of fused-ring (bicyclic) bond motifs is 1. The Morgan fingerprint density at radius 1 is 1.18 bits per heavy atom. The molecule has 3 heterocycles. The van der Waals surface area contributed by atoms with Crippen molar-refractivity contribution in [2.24, 2.45) is 12.5 Å². The number of hydrogen-bond acceptors (Lipinski definition) is 7. The number of H-pyrrole nitrogens is 1. The van der Waals surface area contributed by atoms with E-state index in [-0.39, 0.29) is 35.7 Å². The number of aryl methyl sites for hydroxylation is 1. The van der Waals surface area contributed by atoms with Crippen molar-refractivity contribution in [3.63, 3.8) is 0 Å². The molecule has 2 unspecified atom stereocenters. The van der Waals surface area contributed by atoms with Crippen molar-refractivity contribution in [2.75, 3.05) is 26.9 Å². The third kappa shape index (κ3) is 7.01. The number of hydrogen-bond donors (Lipinski definition) is 4. The molecule has 50 heavy (non-hydrogen) atoms. The predicted octanol–water partition coefficient (Wildman–Crippen LogP) is 4.71. The number of carbonyl (C=O) groups is 3. The number of imidazole rings is 1. The van der Waals surface area contributed by atoms with Crippen molar-refractivity contribution in [1.82, 2.24) is 35.7 Å². The Hall–Kier alpha value is -4.26. The van der Waals surface area contributed by atoms with Crippen LogP contribution in [-0.2, 0) is 31.5 Å². The molecular formula is C37H46ClN7O5. The number of methoxy groups -OCH3 is 1. The van der Waals surface area contributed by atoms with Gasteiger partial charge in [0.2, 0.25) is 11.8 Å². The number of nitrogens with zero attached hydrogens (tertiary/aromatic N) is 3. The quantitative estimate of drug-likeness (QED) is 0.149. The minimum atomic E-state index is -1.17. The first-order chi connectivity index (χ1) is 24.0. The summed E-state index contributed by atoms with van der Waals surface area (Å²) >= 11 is 6.83. The smallest absolute Gasteiger partial charge is 0.270 e. The highest BCUT2D eigenvalue weighted by Gasteiger charge is 2.51. The van der Waals surface area contributed by atoms with Crippen LogP contribution in [0.1, 0.15) is 85.9 Å². The van der Waals surface area contributed by atoms with Gasteiger partial charge in [-0.15, -0.1) is 0 Å². The zero-order chi connectivity index (χ0) is 35.6. The van der Waals surface area contributed by atoms with E-state index in [4.69, 9.17) is 26.1 Å². The molecule has 0 spiro atoms. The number of rotatable bonds is 14. The fourth-order valence-corrected chi connectivity index (χ4v) is 7.43. The number of ether oxygens (including phenoxy) is 2. The molecule has 1 aliphatic carbocycles. The molecule has 6 rings (SSSR count). The summed E-state index contributed by atoms with van der Waals surface area (Å²) in [6.07, 6.45) is 4.62. The van der Waals surface area contributed by atoms with Gasteiger partial charge in [-0.3, -0.25) is 19.1 Å². The summed E-state index contributed by atoms with van der Waals surface area (Å²) in [7, 11) is 3.27. The number of aromatic amines is 1. The second-order valence-electron chi connectivity index (χ2n) is 14.0. The van der Waals surface area contributed by atoms with Crippen molar-refractivity contribution < 1.29 is 23.9 Å². The Labute approximate surface area is 297 Å². The summed E-state index contributed by atoms with van der Waals surface area (Å²) in [4.78, 5) is 49.5. The largest absolute Gasteiger partial charge is 0.383 e. The van der Waals surface area contributed by atoms with E-state index >= 15 is 0 Å². The maximum Gasteiger partial charge on any atom is 0.270 e. The van der Waals surface area contributed by atoms with E-state index in [0.717, 1.165) is 30.3 Å². The molecule has 3 amide bonds. The number of amides is 3. The summed E-state index contributed by atoms with van der Waals surface area (Å²) < 4.78 is 13.0. The summed E-state index contributed by atoms with van der Waals surface area (Å²) in [5.74, 6) is -0.547. The van der Waals surface area contributed by atoms with Crippen molar-refractivity contribution in [3.8, 4) is 0 Å². The average molecular weight is 704 g/mol. The second kappa shape index (κ2) is 14.5. The Morgan fingerprint density at radius 3 is 2.60 bits per heavy atom. The molecule has 2 aromatic carbocycles. The van der Waals surface area contributed by atoms with Crippen LogP contribution in [0.4, 0.5) is 0 Å². The lowest BCUT2D eigenvalue weighted by Crippen LogP contribution is -2.57. The Balaban J connectivity index is 1.38. The molecule has 1 aliphatic heterocycles. The SMILES string of the molecule is CCNC(=O)[C@H](NC(=O)C(C)(COC)c1ccc2[nH]c([C@@H](NC(=O)c3ccnn3C)[C@H](c3ccccc3Cl)C3(C)CC3)nc2c1)C1CCCO1. The fourth-order valence-electron chi connectivity index (χ4n) is 7.18. The van der Waals surface area contributed by atoms with Crippen molar-refractivity contribution in [3.05, 3.63) is 82.4 Å². The van der Waals surface area contributed by atoms with E-state index in [1.807, 2.05) is 49.4 Å². The van der Waals surface area contributed by atoms with Gasteiger partial charge in [-0.05, 0) is 80.3 Å². The summed E-state index contributed by atoms with van der Waals surface area (Å²) in [6, 6.07) is 13.6. The van der Waals surface area contributed by atoms with E-state index in [1.54, 1.807) is 33.3 Å². The molecule has 1 saturated carbocycles. The van der Waals surface area contributed by atoms with Gasteiger partial charge in [0.05, 0.1) is 35.2 Å². The highest BCUT2D eigenvalue weighted by atomic mass is 35.5. The molecule has 266 valence electrons. The zero-order valence-electron chi connectivity index (χ0n) is 29.2. The average Bonchev–Trinajstić information content (AvgIpc) is 3.49. The summed E-state index contributed by atoms with van der Waals surface area (Å²) in [5.41, 5.74) is 2.08. The molecule has 5 atom stereocenters. The van der Waals surface area contributed by atoms with Gasteiger partial charge in [-0.1, -0.05) is 42.8 Å². The van der Waals surface area contributed by atoms with Crippen LogP contribution in [-0.4, -0.2) is 76.5 Å². The van der Waals surface area contributed by atoms with Crippen LogP contribution in [0.3, 0.4) is 0 Å². The first kappa shape index (κ1) is 35.6. The number of nitrogens with one attached hydrogen (secondary N) is 4. The first-order valence-electron chi connectivity index (χ1n) is 17.2. The molecule has 2 aromatic heterocycles. The van der Waals surface area contributed by atoms with Gasteiger partial charge in [0.1, 0.15) is 17.6 Å². The van der Waals surface area contributed by atoms with E-state index in [1.165, 1.54) is 4.68 Å². The van der Waals surface area contributed by atoms with Gasteiger partial charge in [0.25, 0.3) is 5.91 Å². The maximum absolute atomic E-state index is 14.1. The molecule has 4 N–H and O–H groups in total. The lowest BCUT2D eigenvalue weighted by Gasteiger charge is -2.32. The Bertz CT molecular complexity index is 1860. The Kier molecular flexibility index (Phi) is 10.3. The minimum Gasteiger partial charge on any atom is -0.383 e. The lowest BCUT2D eigenvalue weighted by molar-refractivity contribution is -0.135. The van der Waals surface area contributed by atoms with Gasteiger partial charge >= 0.3 is 0 Å². The summed E-state index contributed by atoms with van der Waals surface area (Å²) in [5, 5.41) is 13.9. The first-order valence-corrected chi connectivity index (χ1v) is 17.6. The lowest BCUT2D eigenvalue weighted by atomic mass is 9.78. The molecule has 4 aromatic rings. The number of likely N-dealkylation sites (N-methyl/N-ethyl adjacent to an activating group) is 1. The molecule has 13 heteroatoms. The third-order valence-electron chi connectivity index (χ3n) is 10.3. The molecule has 2 fully saturated rings. The van der Waals surface area contributed by atoms with E-state index < -0.39 is 23.6 Å². The number of carbonyl (C=O) groups excluding carboxylic acids is 3. The number of halogens is 1. The molecule has 0 bridgehead atoms. The third-order valence-corrected chi connectivity index (χ3v) is 10.7. The molecule has 2 aliphatic rings. The normalized spacial score (nSPS) is 19.7. The fraction of sp³-hybridized carbons (Fsp3) is 0.486. The molecule has 12 nitrogen and oxygen atoms in total. The summed E-state index contributed by atoms with van der Waals surface area (Å²) in [6.45, 7) is 6.89. The molecule has 1 saturated heterocycles. The van der Waals surface area contributed by atoms with Crippen LogP contribution >= 0.6 is 11.6 Å². The van der Waals surface area contributed by atoms with Gasteiger partial charge in [-0.2, -0.15) is 5.10 Å². The van der Waals surface area contributed by atoms with Crippen molar-refractivity contribution >= 4 is 40.4 Å². The maximum atomic E-state index is 14.1. The molecular weight excluding hydrogens is 658 g/mol. The van der Waals surface area contributed by atoms with Crippen LogP contribution in [0.2, 0.25) is 5.02 Å².